The van der Waals surface area contributed by atoms with Crippen LogP contribution in [0.2, 0.25) is 0 Å². The number of aromatic nitrogens is 2. The summed E-state index contributed by atoms with van der Waals surface area (Å²) in [5.74, 6) is -0.163. The van der Waals surface area contributed by atoms with Crippen molar-refractivity contribution in [3.63, 3.8) is 0 Å². The molecule has 0 aliphatic rings. The summed E-state index contributed by atoms with van der Waals surface area (Å²) in [7, 11) is 1.88. The Labute approximate surface area is 107 Å². The number of hydrogen-bond acceptors (Lipinski definition) is 2. The van der Waals surface area contributed by atoms with Gasteiger partial charge >= 0.3 is 0 Å². The Morgan fingerprint density at radius 2 is 2.06 bits per heavy atom. The molecule has 0 spiro atoms. The van der Waals surface area contributed by atoms with Gasteiger partial charge in [-0.3, -0.25) is 4.68 Å². The lowest BCUT2D eigenvalue weighted by molar-refractivity contribution is 0.614. The Hall–Kier alpha value is -1.84. The summed E-state index contributed by atoms with van der Waals surface area (Å²) in [6.07, 6.45) is 1.93. The van der Waals surface area contributed by atoms with E-state index in [2.05, 4.69) is 10.4 Å². The van der Waals surface area contributed by atoms with Gasteiger partial charge < -0.3 is 5.32 Å². The molecule has 2 rings (SSSR count). The van der Waals surface area contributed by atoms with Gasteiger partial charge in [-0.25, -0.2) is 4.39 Å². The Kier molecular flexibility index (Phi) is 3.36. The minimum Gasteiger partial charge on any atom is -0.376 e. The molecule has 0 amide bonds. The lowest BCUT2D eigenvalue weighted by Gasteiger charge is -2.15. The molecule has 0 radical (unpaired) electrons. The number of nitrogens with zero attached hydrogens (tertiary/aromatic N) is 2. The molecular formula is C14H18FN3. The quantitative estimate of drug-likeness (QED) is 0.901. The van der Waals surface area contributed by atoms with Gasteiger partial charge in [0.05, 0.1) is 11.4 Å². The van der Waals surface area contributed by atoms with Crippen molar-refractivity contribution in [2.24, 2.45) is 7.05 Å². The van der Waals surface area contributed by atoms with E-state index in [4.69, 9.17) is 0 Å². The van der Waals surface area contributed by atoms with Crippen molar-refractivity contribution in [2.75, 3.05) is 5.32 Å². The van der Waals surface area contributed by atoms with Crippen LogP contribution in [0.15, 0.2) is 24.4 Å². The van der Waals surface area contributed by atoms with E-state index >= 15 is 0 Å². The van der Waals surface area contributed by atoms with E-state index < -0.39 is 0 Å². The second-order valence-corrected chi connectivity index (χ2v) is 4.68. The van der Waals surface area contributed by atoms with Crippen LogP contribution in [0.4, 0.5) is 10.1 Å². The SMILES string of the molecule is Cc1ccc(C(C)Nc2cn(C)nc2C)cc1F. The van der Waals surface area contributed by atoms with Crippen LogP contribution in [0.25, 0.3) is 0 Å². The van der Waals surface area contributed by atoms with Gasteiger partial charge in [0.25, 0.3) is 0 Å². The van der Waals surface area contributed by atoms with Crippen LogP contribution in [0, 0.1) is 19.7 Å². The lowest BCUT2D eigenvalue weighted by Crippen LogP contribution is -2.07. The maximum absolute atomic E-state index is 13.5. The van der Waals surface area contributed by atoms with E-state index in [0.29, 0.717) is 5.56 Å². The second-order valence-electron chi connectivity index (χ2n) is 4.68. The first kappa shape index (κ1) is 12.6. The average Bonchev–Trinajstić information content (AvgIpc) is 2.61. The molecule has 1 N–H and O–H groups in total. The highest BCUT2D eigenvalue weighted by molar-refractivity contribution is 5.47. The molecule has 96 valence electrons. The number of anilines is 1. The monoisotopic (exact) mass is 247 g/mol. The molecule has 0 fully saturated rings. The predicted octanol–water partition coefficient (Wildman–Crippen LogP) is 3.35. The van der Waals surface area contributed by atoms with E-state index in [9.17, 15) is 4.39 Å². The van der Waals surface area contributed by atoms with E-state index in [1.54, 1.807) is 23.7 Å². The first-order valence-electron chi connectivity index (χ1n) is 6.00. The fourth-order valence-electron chi connectivity index (χ4n) is 1.94. The maximum Gasteiger partial charge on any atom is 0.126 e. The van der Waals surface area contributed by atoms with Crippen molar-refractivity contribution in [1.82, 2.24) is 9.78 Å². The molecule has 1 unspecified atom stereocenters. The molecule has 0 aliphatic carbocycles. The molecule has 1 atom stereocenters. The van der Waals surface area contributed by atoms with Crippen LogP contribution in [0.3, 0.4) is 0 Å². The highest BCUT2D eigenvalue weighted by Crippen LogP contribution is 2.22. The van der Waals surface area contributed by atoms with Crippen LogP contribution in [-0.4, -0.2) is 9.78 Å². The molecule has 1 aromatic heterocycles. The third-order valence-electron chi connectivity index (χ3n) is 3.08. The van der Waals surface area contributed by atoms with E-state index in [1.807, 2.05) is 33.2 Å². The fourth-order valence-corrected chi connectivity index (χ4v) is 1.94. The Morgan fingerprint density at radius 1 is 1.33 bits per heavy atom. The molecule has 0 saturated carbocycles. The van der Waals surface area contributed by atoms with Gasteiger partial charge in [0.1, 0.15) is 5.82 Å². The van der Waals surface area contributed by atoms with Gasteiger partial charge in [-0.15, -0.1) is 0 Å². The van der Waals surface area contributed by atoms with Crippen LogP contribution in [0.1, 0.15) is 29.8 Å². The van der Waals surface area contributed by atoms with Gasteiger partial charge in [0, 0.05) is 19.3 Å². The van der Waals surface area contributed by atoms with Crippen molar-refractivity contribution in [1.29, 1.82) is 0 Å². The van der Waals surface area contributed by atoms with E-state index in [-0.39, 0.29) is 11.9 Å². The zero-order valence-electron chi connectivity index (χ0n) is 11.2. The van der Waals surface area contributed by atoms with Gasteiger partial charge in [0.15, 0.2) is 0 Å². The summed E-state index contributed by atoms with van der Waals surface area (Å²) in [6, 6.07) is 5.38. The van der Waals surface area contributed by atoms with Gasteiger partial charge in [-0.2, -0.15) is 5.10 Å². The summed E-state index contributed by atoms with van der Waals surface area (Å²) < 4.78 is 15.3. The van der Waals surface area contributed by atoms with Crippen LogP contribution in [0.5, 0.6) is 0 Å². The Balaban J connectivity index is 2.19. The topological polar surface area (TPSA) is 29.9 Å². The summed E-state index contributed by atoms with van der Waals surface area (Å²) in [6.45, 7) is 5.73. The first-order chi connectivity index (χ1) is 8.47. The number of nitrogens with one attached hydrogen (secondary N) is 1. The third kappa shape index (κ3) is 2.53. The van der Waals surface area contributed by atoms with Crippen molar-refractivity contribution >= 4 is 5.69 Å². The summed E-state index contributed by atoms with van der Waals surface area (Å²) >= 11 is 0. The molecule has 18 heavy (non-hydrogen) atoms. The molecule has 4 heteroatoms. The zero-order chi connectivity index (χ0) is 13.3. The normalized spacial score (nSPS) is 12.5. The van der Waals surface area contributed by atoms with Gasteiger partial charge in [-0.1, -0.05) is 12.1 Å². The van der Waals surface area contributed by atoms with Crippen LogP contribution in [-0.2, 0) is 7.05 Å². The zero-order valence-corrected chi connectivity index (χ0v) is 11.2. The lowest BCUT2D eigenvalue weighted by atomic mass is 10.1. The van der Waals surface area contributed by atoms with Gasteiger partial charge in [-0.05, 0) is 38.0 Å². The standard InChI is InChI=1S/C14H18FN3/c1-9-5-6-12(7-13(9)15)10(2)16-14-8-18(4)17-11(14)3/h5-8,10,16H,1-4H3. The number of halogens is 1. The maximum atomic E-state index is 13.5. The predicted molar refractivity (Wildman–Crippen MR) is 71.1 cm³/mol. The molecule has 1 aromatic carbocycles. The Bertz CT molecular complexity index is 560. The molecule has 0 saturated heterocycles. The largest absolute Gasteiger partial charge is 0.376 e. The van der Waals surface area contributed by atoms with Crippen LogP contribution < -0.4 is 5.32 Å². The molecule has 1 heterocycles. The van der Waals surface area contributed by atoms with Crippen molar-refractivity contribution < 1.29 is 4.39 Å². The van der Waals surface area contributed by atoms with E-state index in [1.165, 1.54) is 0 Å². The highest BCUT2D eigenvalue weighted by atomic mass is 19.1. The van der Waals surface area contributed by atoms with Crippen molar-refractivity contribution in [3.8, 4) is 0 Å². The molecule has 3 nitrogen and oxygen atoms in total. The molecule has 0 bridgehead atoms. The minimum atomic E-state index is -0.163. The number of aryl methyl sites for hydroxylation is 3. The van der Waals surface area contributed by atoms with Crippen molar-refractivity contribution in [3.05, 3.63) is 47.0 Å². The third-order valence-corrected chi connectivity index (χ3v) is 3.08. The van der Waals surface area contributed by atoms with Crippen LogP contribution >= 0.6 is 0 Å². The second kappa shape index (κ2) is 4.80. The minimum absolute atomic E-state index is 0.0444. The molecular weight excluding hydrogens is 229 g/mol. The summed E-state index contributed by atoms with van der Waals surface area (Å²) in [5, 5.41) is 7.61. The smallest absolute Gasteiger partial charge is 0.126 e. The van der Waals surface area contributed by atoms with E-state index in [0.717, 1.165) is 16.9 Å². The summed E-state index contributed by atoms with van der Waals surface area (Å²) in [5.41, 5.74) is 3.52. The molecule has 2 aromatic rings. The Morgan fingerprint density at radius 3 is 2.61 bits per heavy atom. The average molecular weight is 247 g/mol. The number of rotatable bonds is 3. The fraction of sp³-hybridized carbons (Fsp3) is 0.357. The number of hydrogen-bond donors (Lipinski definition) is 1. The van der Waals surface area contributed by atoms with Gasteiger partial charge in [0.2, 0.25) is 0 Å². The summed E-state index contributed by atoms with van der Waals surface area (Å²) in [4.78, 5) is 0. The first-order valence-corrected chi connectivity index (χ1v) is 6.00. The number of benzene rings is 1. The highest BCUT2D eigenvalue weighted by Gasteiger charge is 2.10. The van der Waals surface area contributed by atoms with Crippen molar-refractivity contribution in [2.45, 2.75) is 26.8 Å². The molecule has 0 aliphatic heterocycles.